The van der Waals surface area contributed by atoms with Gasteiger partial charge < -0.3 is 14.7 Å². The molecule has 0 aliphatic carbocycles. The number of carboxylic acids is 1. The van der Waals surface area contributed by atoms with Crippen molar-refractivity contribution in [2.24, 2.45) is 5.41 Å². The largest absolute Gasteiger partial charge is 0.496 e. The van der Waals surface area contributed by atoms with Crippen LogP contribution in [0.5, 0.6) is 5.75 Å². The third kappa shape index (κ3) is 3.05. The number of carbonyl (C=O) groups excluding carboxylic acids is 1. The SMILES string of the molecule is COc1ccccc1C(C)(C)C(=O)N1CCC(C(=O)O)(C(F)(F)F)C1. The van der Waals surface area contributed by atoms with E-state index < -0.39 is 41.8 Å². The average Bonchev–Trinajstić information content (AvgIpc) is 3.00. The van der Waals surface area contributed by atoms with Gasteiger partial charge in [-0.25, -0.2) is 0 Å². The summed E-state index contributed by atoms with van der Waals surface area (Å²) in [7, 11) is 1.44. The summed E-state index contributed by atoms with van der Waals surface area (Å²) < 4.78 is 45.1. The van der Waals surface area contributed by atoms with E-state index in [1.54, 1.807) is 38.1 Å². The van der Waals surface area contributed by atoms with Crippen molar-refractivity contribution in [3.8, 4) is 5.75 Å². The molecule has 1 N–H and O–H groups in total. The van der Waals surface area contributed by atoms with Crippen molar-refractivity contribution < 1.29 is 32.6 Å². The Labute approximate surface area is 143 Å². The number of benzene rings is 1. The van der Waals surface area contributed by atoms with Gasteiger partial charge >= 0.3 is 12.1 Å². The number of ether oxygens (including phenoxy) is 1. The lowest BCUT2D eigenvalue weighted by molar-refractivity contribution is -0.227. The van der Waals surface area contributed by atoms with Gasteiger partial charge in [-0.1, -0.05) is 18.2 Å². The van der Waals surface area contributed by atoms with Crippen LogP contribution in [0.2, 0.25) is 0 Å². The summed E-state index contributed by atoms with van der Waals surface area (Å²) in [5.74, 6) is -2.07. The Morgan fingerprint density at radius 3 is 2.32 bits per heavy atom. The zero-order chi connectivity index (χ0) is 19.0. The molecule has 1 aliphatic rings. The number of halogens is 3. The second-order valence-corrected chi connectivity index (χ2v) is 6.69. The van der Waals surface area contributed by atoms with Crippen molar-refractivity contribution in [2.75, 3.05) is 20.2 Å². The highest BCUT2D eigenvalue weighted by molar-refractivity contribution is 5.89. The predicted octanol–water partition coefficient (Wildman–Crippen LogP) is 2.84. The molecule has 0 radical (unpaired) electrons. The molecule has 8 heteroatoms. The van der Waals surface area contributed by atoms with Crippen molar-refractivity contribution in [3.05, 3.63) is 29.8 Å². The number of rotatable bonds is 4. The van der Waals surface area contributed by atoms with Crippen molar-refractivity contribution in [2.45, 2.75) is 31.9 Å². The third-order valence-electron chi connectivity index (χ3n) is 4.82. The molecule has 138 valence electrons. The minimum absolute atomic E-state index is 0.261. The summed E-state index contributed by atoms with van der Waals surface area (Å²) in [6, 6.07) is 6.75. The van der Waals surface area contributed by atoms with Crippen LogP contribution in [0.25, 0.3) is 0 Å². The van der Waals surface area contributed by atoms with E-state index in [9.17, 15) is 22.8 Å². The van der Waals surface area contributed by atoms with Crippen molar-refractivity contribution in [1.29, 1.82) is 0 Å². The molecule has 1 saturated heterocycles. The Kier molecular flexibility index (Phi) is 4.76. The smallest absolute Gasteiger partial charge is 0.406 e. The van der Waals surface area contributed by atoms with Crippen molar-refractivity contribution >= 4 is 11.9 Å². The van der Waals surface area contributed by atoms with Gasteiger partial charge in [-0.2, -0.15) is 13.2 Å². The van der Waals surface area contributed by atoms with Gasteiger partial charge in [0, 0.05) is 18.7 Å². The second-order valence-electron chi connectivity index (χ2n) is 6.69. The van der Waals surface area contributed by atoms with Gasteiger partial charge in [0.25, 0.3) is 0 Å². The predicted molar refractivity (Wildman–Crippen MR) is 83.3 cm³/mol. The number of hydrogen-bond acceptors (Lipinski definition) is 3. The van der Waals surface area contributed by atoms with Gasteiger partial charge in [0.05, 0.1) is 12.5 Å². The van der Waals surface area contributed by atoms with E-state index in [0.29, 0.717) is 11.3 Å². The first kappa shape index (κ1) is 19.1. The fourth-order valence-electron chi connectivity index (χ4n) is 3.18. The van der Waals surface area contributed by atoms with E-state index in [0.717, 1.165) is 4.90 Å². The molecule has 1 amide bonds. The number of nitrogens with zero attached hydrogens (tertiary/aromatic N) is 1. The summed E-state index contributed by atoms with van der Waals surface area (Å²) in [6.07, 6.45) is -5.58. The lowest BCUT2D eigenvalue weighted by atomic mass is 9.82. The van der Waals surface area contributed by atoms with Gasteiger partial charge in [0.1, 0.15) is 5.75 Å². The minimum atomic E-state index is -4.93. The number of carboxylic acid groups (broad SMARTS) is 1. The summed E-state index contributed by atoms with van der Waals surface area (Å²) in [6.45, 7) is 2.02. The molecule has 1 aromatic rings. The van der Waals surface area contributed by atoms with Crippen LogP contribution in [0, 0.1) is 5.41 Å². The van der Waals surface area contributed by atoms with Crippen molar-refractivity contribution in [3.63, 3.8) is 0 Å². The summed E-state index contributed by atoms with van der Waals surface area (Å²) >= 11 is 0. The third-order valence-corrected chi connectivity index (χ3v) is 4.82. The number of amides is 1. The number of hydrogen-bond donors (Lipinski definition) is 1. The lowest BCUT2D eigenvalue weighted by Crippen LogP contribution is -2.49. The molecular weight excluding hydrogens is 339 g/mol. The molecule has 1 fully saturated rings. The molecule has 1 unspecified atom stereocenters. The topological polar surface area (TPSA) is 66.8 Å². The number of aliphatic carboxylic acids is 1. The Bertz CT molecular complexity index is 687. The standard InChI is InChI=1S/C17H20F3NO4/c1-15(2,11-6-4-5-7-12(11)25-3)13(22)21-9-8-16(10-21,14(23)24)17(18,19)20/h4-7H,8-10H2,1-3H3,(H,23,24). The first-order chi connectivity index (χ1) is 11.5. The first-order valence-corrected chi connectivity index (χ1v) is 7.70. The van der Waals surface area contributed by atoms with E-state index in [1.807, 2.05) is 0 Å². The molecule has 1 aliphatic heterocycles. The molecule has 0 bridgehead atoms. The van der Waals surface area contributed by atoms with E-state index in [-0.39, 0.29) is 6.54 Å². The molecule has 0 saturated carbocycles. The highest BCUT2D eigenvalue weighted by Gasteiger charge is 2.64. The second kappa shape index (κ2) is 6.24. The van der Waals surface area contributed by atoms with E-state index in [1.165, 1.54) is 7.11 Å². The monoisotopic (exact) mass is 359 g/mol. The molecule has 1 atom stereocenters. The van der Waals surface area contributed by atoms with E-state index in [2.05, 4.69) is 0 Å². The highest BCUT2D eigenvalue weighted by Crippen LogP contribution is 2.47. The minimum Gasteiger partial charge on any atom is -0.496 e. The van der Waals surface area contributed by atoms with Gasteiger partial charge in [0.15, 0.2) is 5.41 Å². The fourth-order valence-corrected chi connectivity index (χ4v) is 3.18. The number of alkyl halides is 3. The maximum Gasteiger partial charge on any atom is 0.406 e. The Morgan fingerprint density at radius 2 is 1.84 bits per heavy atom. The number of methoxy groups -OCH3 is 1. The summed E-state index contributed by atoms with van der Waals surface area (Å²) in [5.41, 5.74) is -3.55. The molecule has 2 rings (SSSR count). The maximum absolute atomic E-state index is 13.3. The summed E-state index contributed by atoms with van der Waals surface area (Å²) in [5, 5.41) is 9.12. The zero-order valence-electron chi connectivity index (χ0n) is 14.2. The van der Waals surface area contributed by atoms with Crippen LogP contribution in [0.1, 0.15) is 25.8 Å². The van der Waals surface area contributed by atoms with Crippen LogP contribution in [0.15, 0.2) is 24.3 Å². The first-order valence-electron chi connectivity index (χ1n) is 7.70. The molecule has 5 nitrogen and oxygen atoms in total. The Hall–Kier alpha value is -2.25. The molecule has 0 aromatic heterocycles. The van der Waals surface area contributed by atoms with E-state index >= 15 is 0 Å². The number of para-hydroxylation sites is 1. The fraction of sp³-hybridized carbons (Fsp3) is 0.529. The quantitative estimate of drug-likeness (QED) is 0.898. The van der Waals surface area contributed by atoms with Crippen LogP contribution < -0.4 is 4.74 Å². The maximum atomic E-state index is 13.3. The lowest BCUT2D eigenvalue weighted by Gasteiger charge is -2.32. The number of likely N-dealkylation sites (tertiary alicyclic amines) is 1. The van der Waals surface area contributed by atoms with Gasteiger partial charge in [-0.15, -0.1) is 0 Å². The molecular formula is C17H20F3NO4. The van der Waals surface area contributed by atoms with Crippen molar-refractivity contribution in [1.82, 2.24) is 4.90 Å². The van der Waals surface area contributed by atoms with Gasteiger partial charge in [-0.05, 0) is 26.3 Å². The van der Waals surface area contributed by atoms with Crippen LogP contribution in [0.4, 0.5) is 13.2 Å². The molecule has 0 spiro atoms. The normalized spacial score (nSPS) is 21.3. The van der Waals surface area contributed by atoms with Crippen LogP contribution in [0.3, 0.4) is 0 Å². The Balaban J connectivity index is 2.34. The van der Waals surface area contributed by atoms with Crippen LogP contribution in [-0.2, 0) is 15.0 Å². The van der Waals surface area contributed by atoms with Gasteiger partial charge in [0.2, 0.25) is 5.91 Å². The molecule has 25 heavy (non-hydrogen) atoms. The Morgan fingerprint density at radius 1 is 1.24 bits per heavy atom. The van der Waals surface area contributed by atoms with E-state index in [4.69, 9.17) is 9.84 Å². The molecule has 1 heterocycles. The number of carbonyl (C=O) groups is 2. The zero-order valence-corrected chi connectivity index (χ0v) is 14.2. The highest BCUT2D eigenvalue weighted by atomic mass is 19.4. The molecule has 1 aromatic carbocycles. The average molecular weight is 359 g/mol. The van der Waals surface area contributed by atoms with Crippen LogP contribution in [-0.4, -0.2) is 48.3 Å². The van der Waals surface area contributed by atoms with Gasteiger partial charge in [-0.3, -0.25) is 9.59 Å². The van der Waals surface area contributed by atoms with Crippen LogP contribution >= 0.6 is 0 Å². The summed E-state index contributed by atoms with van der Waals surface area (Å²) in [4.78, 5) is 25.1.